The van der Waals surface area contributed by atoms with E-state index in [4.69, 9.17) is 19.2 Å². The number of hydrogen-bond acceptors (Lipinski definition) is 8. The van der Waals surface area contributed by atoms with Gasteiger partial charge in [-0.3, -0.25) is 4.79 Å². The van der Waals surface area contributed by atoms with Crippen LogP contribution in [0.3, 0.4) is 0 Å². The third-order valence-electron chi connectivity index (χ3n) is 6.13. The number of carbonyl (C=O) groups is 1. The van der Waals surface area contributed by atoms with Gasteiger partial charge >= 0.3 is 5.97 Å². The van der Waals surface area contributed by atoms with Crippen LogP contribution >= 0.6 is 0 Å². The van der Waals surface area contributed by atoms with Crippen LogP contribution in [-0.4, -0.2) is 40.5 Å². The summed E-state index contributed by atoms with van der Waals surface area (Å²) in [4.78, 5) is 30.0. The highest BCUT2D eigenvalue weighted by molar-refractivity contribution is 5.93. The number of nitrogens with zero attached hydrogens (tertiary/aromatic N) is 2. The van der Waals surface area contributed by atoms with Gasteiger partial charge in [-0.15, -0.1) is 0 Å². The number of pyridine rings is 2. The molecular formula is C24H19N3O6. The maximum Gasteiger partial charge on any atom is 0.340 e. The number of esters is 1. The van der Waals surface area contributed by atoms with E-state index in [0.717, 1.165) is 23.1 Å². The second-order valence-corrected chi connectivity index (χ2v) is 7.98. The van der Waals surface area contributed by atoms with Crippen molar-refractivity contribution in [1.29, 1.82) is 0 Å². The number of rotatable bonds is 2. The molecule has 5 heterocycles. The molecule has 6 rings (SSSR count). The molecule has 1 atom stereocenters. The number of hydrogen-bond donors (Lipinski definition) is 2. The first kappa shape index (κ1) is 19.8. The fraction of sp³-hybridized carbons (Fsp3) is 0.292. The second kappa shape index (κ2) is 7.33. The molecule has 0 spiro atoms. The van der Waals surface area contributed by atoms with Gasteiger partial charge in [0.05, 0.1) is 35.6 Å². The molecule has 9 nitrogen and oxygen atoms in total. The maximum absolute atomic E-state index is 13.2. The Labute approximate surface area is 187 Å². The van der Waals surface area contributed by atoms with Crippen LogP contribution in [0.2, 0.25) is 0 Å². The molecule has 3 aliphatic heterocycles. The Morgan fingerprint density at radius 2 is 2.00 bits per heavy atom. The van der Waals surface area contributed by atoms with Crippen molar-refractivity contribution in [1.82, 2.24) is 14.9 Å². The van der Waals surface area contributed by atoms with E-state index in [1.54, 1.807) is 16.7 Å². The van der Waals surface area contributed by atoms with Crippen molar-refractivity contribution in [2.45, 2.75) is 26.2 Å². The zero-order valence-electron chi connectivity index (χ0n) is 17.7. The number of aliphatic hydroxyl groups is 1. The molecule has 1 aromatic carbocycles. The summed E-state index contributed by atoms with van der Waals surface area (Å²) in [6.07, 6.45) is -1.50. The predicted molar refractivity (Wildman–Crippen MR) is 117 cm³/mol. The number of aromatic nitrogens is 2. The molecular weight excluding hydrogens is 426 g/mol. The van der Waals surface area contributed by atoms with E-state index < -0.39 is 12.1 Å². The monoisotopic (exact) mass is 445 g/mol. The molecule has 2 N–H and O–H groups in total. The fourth-order valence-electron chi connectivity index (χ4n) is 4.48. The van der Waals surface area contributed by atoms with Gasteiger partial charge in [0.1, 0.15) is 6.61 Å². The quantitative estimate of drug-likeness (QED) is 0.269. The molecule has 0 aliphatic carbocycles. The number of nitrogens with one attached hydrogen (secondary N) is 1. The number of ether oxygens (including phenoxy) is 3. The predicted octanol–water partition coefficient (Wildman–Crippen LogP) is 1.21. The zero-order chi connectivity index (χ0) is 22.7. The lowest BCUT2D eigenvalue weighted by Gasteiger charge is -2.21. The summed E-state index contributed by atoms with van der Waals surface area (Å²) < 4.78 is 17.6. The minimum atomic E-state index is -1.50. The molecule has 0 bridgehead atoms. The molecule has 0 saturated carbocycles. The van der Waals surface area contributed by atoms with E-state index in [0.29, 0.717) is 34.9 Å². The summed E-state index contributed by atoms with van der Waals surface area (Å²) in [5, 5.41) is 14.3. The van der Waals surface area contributed by atoms with E-state index in [9.17, 15) is 14.7 Å². The topological polar surface area (TPSA) is 112 Å². The normalized spacial score (nSPS) is 17.2. The third-order valence-corrected chi connectivity index (χ3v) is 6.13. The van der Waals surface area contributed by atoms with Gasteiger partial charge in [0, 0.05) is 28.1 Å². The average Bonchev–Trinajstić information content (AvgIpc) is 3.42. The molecule has 0 radical (unpaired) electrons. The van der Waals surface area contributed by atoms with Crippen molar-refractivity contribution < 1.29 is 24.1 Å². The Kier molecular flexibility index (Phi) is 4.40. The van der Waals surface area contributed by atoms with Crippen LogP contribution in [0.4, 0.5) is 0 Å². The Bertz CT molecular complexity index is 1480. The molecule has 3 aromatic rings. The molecule has 9 heteroatoms. The van der Waals surface area contributed by atoms with Crippen molar-refractivity contribution in [3.8, 4) is 34.7 Å². The van der Waals surface area contributed by atoms with Crippen LogP contribution in [0.5, 0.6) is 11.5 Å². The number of fused-ring (bicyclic) bond motifs is 6. The summed E-state index contributed by atoms with van der Waals surface area (Å²) in [7, 11) is 0. The molecule has 0 amide bonds. The van der Waals surface area contributed by atoms with Crippen molar-refractivity contribution in [3.05, 3.63) is 50.8 Å². The van der Waals surface area contributed by atoms with Crippen LogP contribution in [-0.2, 0) is 22.7 Å². The lowest BCUT2D eigenvalue weighted by atomic mass is 9.98. The Hall–Kier alpha value is -3.87. The van der Waals surface area contributed by atoms with E-state index in [-0.39, 0.29) is 36.6 Å². The Morgan fingerprint density at radius 1 is 1.18 bits per heavy atom. The van der Waals surface area contributed by atoms with Crippen molar-refractivity contribution >= 4 is 16.9 Å². The number of carbonyl (C=O) groups excluding carboxylic acids is 1. The summed E-state index contributed by atoms with van der Waals surface area (Å²) in [5.41, 5.74) is 3.61. The van der Waals surface area contributed by atoms with Gasteiger partial charge in [-0.25, -0.2) is 9.78 Å². The first-order chi connectivity index (χ1) is 16.1. The molecule has 33 heavy (non-hydrogen) atoms. The van der Waals surface area contributed by atoms with Crippen molar-refractivity contribution in [2.24, 2.45) is 0 Å². The summed E-state index contributed by atoms with van der Waals surface area (Å²) in [6, 6.07) is 5.34. The highest BCUT2D eigenvalue weighted by Crippen LogP contribution is 2.41. The van der Waals surface area contributed by atoms with Crippen molar-refractivity contribution in [2.75, 3.05) is 19.9 Å². The third kappa shape index (κ3) is 2.92. The van der Waals surface area contributed by atoms with Gasteiger partial charge in [-0.1, -0.05) is 18.8 Å². The van der Waals surface area contributed by atoms with Gasteiger partial charge < -0.3 is 29.2 Å². The van der Waals surface area contributed by atoms with Gasteiger partial charge in [-0.2, -0.15) is 0 Å². The van der Waals surface area contributed by atoms with Crippen molar-refractivity contribution in [3.63, 3.8) is 0 Å². The number of cyclic esters (lactones) is 1. The second-order valence-electron chi connectivity index (χ2n) is 7.98. The SMILES string of the molecule is CCNCC#Cc1c2c(nc3cc4c(cc13)OCO4)-c1cc3c(c(=O)n1C2)COC(=O)C3O. The van der Waals surface area contributed by atoms with E-state index in [2.05, 4.69) is 17.2 Å². The highest BCUT2D eigenvalue weighted by Gasteiger charge is 2.34. The maximum atomic E-state index is 13.2. The zero-order valence-corrected chi connectivity index (χ0v) is 17.7. The van der Waals surface area contributed by atoms with E-state index in [1.807, 2.05) is 13.0 Å². The fourth-order valence-corrected chi connectivity index (χ4v) is 4.48. The minimum absolute atomic E-state index is 0.144. The molecule has 2 aromatic heterocycles. The lowest BCUT2D eigenvalue weighted by Crippen LogP contribution is -2.32. The standard InChI is InChI=1S/C24H19N3O6/c1-2-25-5-3-4-12-13-7-19-20(33-11-32-19)8-17(13)26-21-15(12)9-27-18(21)6-14-16(23(27)29)10-31-24(30)22(14)28/h6-8,22,25,28H,2,5,9-11H2,1H3. The summed E-state index contributed by atoms with van der Waals surface area (Å²) in [5.74, 6) is 6.87. The van der Waals surface area contributed by atoms with Crippen LogP contribution in [0.1, 0.15) is 35.3 Å². The van der Waals surface area contributed by atoms with Crippen LogP contribution < -0.4 is 20.3 Å². The minimum Gasteiger partial charge on any atom is -0.458 e. The number of aliphatic hydroxyl groups excluding tert-OH is 1. The molecule has 0 fully saturated rings. The van der Waals surface area contributed by atoms with E-state index >= 15 is 0 Å². The van der Waals surface area contributed by atoms with Gasteiger partial charge in [0.25, 0.3) is 5.56 Å². The van der Waals surface area contributed by atoms with E-state index in [1.165, 1.54) is 0 Å². The first-order valence-electron chi connectivity index (χ1n) is 10.6. The lowest BCUT2D eigenvalue weighted by molar-refractivity contribution is -0.157. The first-order valence-corrected chi connectivity index (χ1v) is 10.6. The Balaban J connectivity index is 1.60. The molecule has 1 unspecified atom stereocenters. The van der Waals surface area contributed by atoms with Gasteiger partial charge in [-0.05, 0) is 18.7 Å². The smallest absolute Gasteiger partial charge is 0.340 e. The van der Waals surface area contributed by atoms with Gasteiger partial charge in [0.15, 0.2) is 17.6 Å². The molecule has 0 saturated heterocycles. The van der Waals surface area contributed by atoms with Crippen LogP contribution in [0.15, 0.2) is 23.0 Å². The Morgan fingerprint density at radius 3 is 2.82 bits per heavy atom. The average molecular weight is 445 g/mol. The van der Waals surface area contributed by atoms with Crippen LogP contribution in [0, 0.1) is 11.8 Å². The van der Waals surface area contributed by atoms with Crippen LogP contribution in [0.25, 0.3) is 22.3 Å². The number of benzene rings is 1. The largest absolute Gasteiger partial charge is 0.458 e. The summed E-state index contributed by atoms with van der Waals surface area (Å²) >= 11 is 0. The molecule has 3 aliphatic rings. The van der Waals surface area contributed by atoms with Gasteiger partial charge in [0.2, 0.25) is 6.79 Å². The summed E-state index contributed by atoms with van der Waals surface area (Å²) in [6.45, 7) is 3.60. The molecule has 166 valence electrons. The highest BCUT2D eigenvalue weighted by atomic mass is 16.7.